The van der Waals surface area contributed by atoms with Crippen molar-refractivity contribution in [2.45, 2.75) is 52.0 Å². The molecule has 1 aliphatic heterocycles. The summed E-state index contributed by atoms with van der Waals surface area (Å²) in [6, 6.07) is 8.90. The van der Waals surface area contributed by atoms with Gasteiger partial charge in [0.25, 0.3) is 0 Å². The van der Waals surface area contributed by atoms with Crippen molar-refractivity contribution in [3.8, 4) is 0 Å². The Morgan fingerprint density at radius 1 is 1.39 bits per heavy atom. The maximum absolute atomic E-state index is 12.1. The number of hydrogen-bond donors (Lipinski definition) is 2. The summed E-state index contributed by atoms with van der Waals surface area (Å²) in [5, 5.41) is 12.3. The molecule has 0 aromatic heterocycles. The van der Waals surface area contributed by atoms with Crippen LogP contribution in [0, 0.1) is 5.41 Å². The summed E-state index contributed by atoms with van der Waals surface area (Å²) in [4.78, 5) is 23.5. The van der Waals surface area contributed by atoms with Gasteiger partial charge in [0.15, 0.2) is 6.10 Å². The Bertz CT molecular complexity index is 552. The van der Waals surface area contributed by atoms with Crippen molar-refractivity contribution in [2.24, 2.45) is 5.41 Å². The number of aliphatic hydroxyl groups excluding tert-OH is 1. The lowest BCUT2D eigenvalue weighted by molar-refractivity contribution is -0.148. The maximum atomic E-state index is 12.1. The third-order valence-electron chi connectivity index (χ3n) is 3.79. The second-order valence-electron chi connectivity index (χ2n) is 6.78. The van der Waals surface area contributed by atoms with Gasteiger partial charge in [0.05, 0.1) is 6.04 Å². The van der Waals surface area contributed by atoms with Crippen molar-refractivity contribution in [3.05, 3.63) is 35.9 Å². The van der Waals surface area contributed by atoms with Crippen LogP contribution in [0.3, 0.4) is 0 Å². The highest BCUT2D eigenvalue weighted by Crippen LogP contribution is 2.29. The van der Waals surface area contributed by atoms with Crippen LogP contribution in [0.5, 0.6) is 0 Å². The summed E-state index contributed by atoms with van der Waals surface area (Å²) in [6.07, 6.45) is -2.11. The fourth-order valence-corrected chi connectivity index (χ4v) is 2.56. The molecule has 1 aromatic rings. The molecule has 6 heteroatoms. The minimum atomic E-state index is -1.13. The van der Waals surface area contributed by atoms with Gasteiger partial charge < -0.3 is 19.9 Å². The number of benzene rings is 1. The molecular formula is C17H23NO5. The van der Waals surface area contributed by atoms with Crippen molar-refractivity contribution in [3.63, 3.8) is 0 Å². The Labute approximate surface area is 135 Å². The maximum Gasteiger partial charge on any atom is 0.407 e. The molecule has 0 bridgehead atoms. The summed E-state index contributed by atoms with van der Waals surface area (Å²) in [7, 11) is 0. The van der Waals surface area contributed by atoms with Crippen molar-refractivity contribution in [2.75, 3.05) is 0 Å². The fourth-order valence-electron chi connectivity index (χ4n) is 2.56. The van der Waals surface area contributed by atoms with Crippen molar-refractivity contribution >= 4 is 12.1 Å². The monoisotopic (exact) mass is 321 g/mol. The molecule has 0 saturated carbocycles. The number of nitrogens with one attached hydrogen (secondary N) is 1. The van der Waals surface area contributed by atoms with Gasteiger partial charge in [0.2, 0.25) is 0 Å². The van der Waals surface area contributed by atoms with Gasteiger partial charge in [-0.2, -0.15) is 0 Å². The Kier molecular flexibility index (Phi) is 5.26. The van der Waals surface area contributed by atoms with Crippen molar-refractivity contribution < 1.29 is 24.2 Å². The topological polar surface area (TPSA) is 84.9 Å². The van der Waals surface area contributed by atoms with E-state index in [-0.39, 0.29) is 18.4 Å². The Hall–Kier alpha value is -2.08. The lowest BCUT2D eigenvalue weighted by atomic mass is 9.82. The number of cyclic esters (lactones) is 1. The first-order valence-corrected chi connectivity index (χ1v) is 7.63. The second-order valence-corrected chi connectivity index (χ2v) is 6.78. The number of ether oxygens (including phenoxy) is 2. The first-order chi connectivity index (χ1) is 10.8. The smallest absolute Gasteiger partial charge is 0.407 e. The van der Waals surface area contributed by atoms with Crippen LogP contribution in [0.1, 0.15) is 32.8 Å². The molecule has 2 rings (SSSR count). The van der Waals surface area contributed by atoms with Gasteiger partial charge in [-0.3, -0.25) is 0 Å². The number of aliphatic hydroxyl groups is 1. The van der Waals surface area contributed by atoms with E-state index in [9.17, 15) is 14.7 Å². The lowest BCUT2D eigenvalue weighted by Crippen LogP contribution is -2.51. The molecule has 3 atom stereocenters. The molecule has 1 heterocycles. The molecule has 1 aromatic carbocycles. The van der Waals surface area contributed by atoms with Gasteiger partial charge in [0.1, 0.15) is 12.7 Å². The average Bonchev–Trinajstić information content (AvgIpc) is 2.81. The number of rotatable bonds is 4. The highest BCUT2D eigenvalue weighted by molar-refractivity contribution is 5.77. The van der Waals surface area contributed by atoms with Gasteiger partial charge in [-0.05, 0) is 11.0 Å². The van der Waals surface area contributed by atoms with Crippen molar-refractivity contribution in [1.29, 1.82) is 0 Å². The molecular weight excluding hydrogens is 298 g/mol. The first kappa shape index (κ1) is 17.3. The number of alkyl carbamates (subject to hydrolysis) is 1. The number of amides is 1. The van der Waals surface area contributed by atoms with Crippen LogP contribution in [0.2, 0.25) is 0 Å². The molecule has 1 fully saturated rings. The van der Waals surface area contributed by atoms with E-state index in [2.05, 4.69) is 5.32 Å². The molecule has 6 nitrogen and oxygen atoms in total. The minimum Gasteiger partial charge on any atom is -0.458 e. The number of carbonyl (C=O) groups is 2. The van der Waals surface area contributed by atoms with E-state index in [4.69, 9.17) is 9.47 Å². The Morgan fingerprint density at radius 2 is 2.04 bits per heavy atom. The van der Waals surface area contributed by atoms with Gasteiger partial charge in [0, 0.05) is 6.42 Å². The van der Waals surface area contributed by atoms with Gasteiger partial charge >= 0.3 is 12.1 Å². The molecule has 0 aliphatic carbocycles. The molecule has 1 aliphatic rings. The largest absolute Gasteiger partial charge is 0.458 e. The fraction of sp³-hybridized carbons (Fsp3) is 0.529. The first-order valence-electron chi connectivity index (χ1n) is 7.63. The SMILES string of the molecule is CC(C)(C)[C@H](NC(=O)OCc1ccccc1)[C@@H]1CC(O)C(=O)O1. The van der Waals surface area contributed by atoms with Crippen LogP contribution in [0.15, 0.2) is 30.3 Å². The van der Waals surface area contributed by atoms with Crippen LogP contribution in [0.25, 0.3) is 0 Å². The normalized spacial score (nSPS) is 22.3. The Morgan fingerprint density at radius 3 is 2.57 bits per heavy atom. The molecule has 0 spiro atoms. The number of esters is 1. The van der Waals surface area contributed by atoms with Crippen LogP contribution in [-0.2, 0) is 20.9 Å². The summed E-state index contributed by atoms with van der Waals surface area (Å²) in [5.41, 5.74) is 0.526. The number of hydrogen-bond acceptors (Lipinski definition) is 5. The predicted molar refractivity (Wildman–Crippen MR) is 83.5 cm³/mol. The van der Waals surface area contributed by atoms with E-state index in [0.717, 1.165) is 5.56 Å². The summed E-state index contributed by atoms with van der Waals surface area (Å²) in [5.74, 6) is -0.649. The highest BCUT2D eigenvalue weighted by atomic mass is 16.6. The molecule has 0 radical (unpaired) electrons. The summed E-state index contributed by atoms with van der Waals surface area (Å²) >= 11 is 0. The molecule has 1 amide bonds. The molecule has 126 valence electrons. The van der Waals surface area contributed by atoms with Crippen LogP contribution >= 0.6 is 0 Å². The van der Waals surface area contributed by atoms with Gasteiger partial charge in [-0.25, -0.2) is 9.59 Å². The summed E-state index contributed by atoms with van der Waals surface area (Å²) in [6.45, 7) is 5.94. The molecule has 23 heavy (non-hydrogen) atoms. The molecule has 2 N–H and O–H groups in total. The van der Waals surface area contributed by atoms with Crippen LogP contribution in [-0.4, -0.2) is 35.4 Å². The highest BCUT2D eigenvalue weighted by Gasteiger charge is 2.43. The third kappa shape index (κ3) is 4.69. The van der Waals surface area contributed by atoms with E-state index < -0.39 is 30.3 Å². The van der Waals surface area contributed by atoms with Crippen LogP contribution in [0.4, 0.5) is 4.79 Å². The van der Waals surface area contributed by atoms with E-state index in [1.54, 1.807) is 0 Å². The second kappa shape index (κ2) is 7.00. The molecule has 1 saturated heterocycles. The van der Waals surface area contributed by atoms with E-state index in [1.807, 2.05) is 51.1 Å². The third-order valence-corrected chi connectivity index (χ3v) is 3.79. The zero-order valence-corrected chi connectivity index (χ0v) is 13.6. The van der Waals surface area contributed by atoms with E-state index >= 15 is 0 Å². The standard InChI is InChI=1S/C17H23NO5/c1-17(2,3)14(13-9-12(19)15(20)23-13)18-16(21)22-10-11-7-5-4-6-8-11/h4-8,12-14,19H,9-10H2,1-3H3,(H,18,21)/t12?,13-,14+/m0/s1. The van der Waals surface area contributed by atoms with Crippen LogP contribution < -0.4 is 5.32 Å². The zero-order chi connectivity index (χ0) is 17.0. The van der Waals surface area contributed by atoms with Crippen molar-refractivity contribution in [1.82, 2.24) is 5.32 Å². The zero-order valence-electron chi connectivity index (χ0n) is 13.6. The average molecular weight is 321 g/mol. The van der Waals surface area contributed by atoms with E-state index in [1.165, 1.54) is 0 Å². The minimum absolute atomic E-state index is 0.163. The Balaban J connectivity index is 1.95. The quantitative estimate of drug-likeness (QED) is 0.829. The lowest BCUT2D eigenvalue weighted by Gasteiger charge is -2.34. The van der Waals surface area contributed by atoms with Gasteiger partial charge in [-0.1, -0.05) is 51.1 Å². The van der Waals surface area contributed by atoms with E-state index in [0.29, 0.717) is 0 Å². The predicted octanol–water partition coefficient (Wildman–Crippen LogP) is 2.00. The molecule has 1 unspecified atom stereocenters. The number of carbonyl (C=O) groups excluding carboxylic acids is 2. The summed E-state index contributed by atoms with van der Waals surface area (Å²) < 4.78 is 10.4. The van der Waals surface area contributed by atoms with Gasteiger partial charge in [-0.15, -0.1) is 0 Å².